The average molecular weight is 380 g/mol. The van der Waals surface area contributed by atoms with Crippen molar-refractivity contribution in [2.75, 3.05) is 33.3 Å². The van der Waals surface area contributed by atoms with Crippen molar-refractivity contribution in [1.82, 2.24) is 15.5 Å². The van der Waals surface area contributed by atoms with Crippen LogP contribution < -0.4 is 15.4 Å². The highest BCUT2D eigenvalue weighted by atomic mass is 19.2. The Morgan fingerprint density at radius 3 is 2.56 bits per heavy atom. The Morgan fingerprint density at radius 2 is 1.89 bits per heavy atom. The van der Waals surface area contributed by atoms with Crippen molar-refractivity contribution < 1.29 is 13.5 Å². The first kappa shape index (κ1) is 19.9. The Balaban J connectivity index is 1.34. The smallest absolute Gasteiger partial charge is 0.191 e. The van der Waals surface area contributed by atoms with E-state index in [9.17, 15) is 8.78 Å². The summed E-state index contributed by atoms with van der Waals surface area (Å²) in [5, 5.41) is 6.69. The monoisotopic (exact) mass is 380 g/mol. The van der Waals surface area contributed by atoms with Crippen molar-refractivity contribution in [3.05, 3.63) is 29.8 Å². The number of hydrogen-bond acceptors (Lipinski definition) is 3. The molecule has 0 aromatic heterocycles. The molecule has 1 heterocycles. The minimum absolute atomic E-state index is 0.318. The summed E-state index contributed by atoms with van der Waals surface area (Å²) in [5.74, 6) is -0.702. The Morgan fingerprint density at radius 1 is 1.15 bits per heavy atom. The molecule has 0 radical (unpaired) electrons. The van der Waals surface area contributed by atoms with Gasteiger partial charge in [-0.25, -0.2) is 8.78 Å². The van der Waals surface area contributed by atoms with Crippen LogP contribution in [0.4, 0.5) is 8.78 Å². The standard InChI is InChI=1S/C20H30F2N4O/c1-23-20(24-10-13-27-17-6-7-18(21)19(22)14-17)25-15-8-11-26(12-9-15)16-4-2-3-5-16/h6-7,14-16H,2-5,8-13H2,1H3,(H2,23,24,25). The minimum atomic E-state index is -0.901. The van der Waals surface area contributed by atoms with Gasteiger partial charge in [0.25, 0.3) is 0 Å². The van der Waals surface area contributed by atoms with Crippen molar-refractivity contribution in [3.63, 3.8) is 0 Å². The van der Waals surface area contributed by atoms with Crippen molar-refractivity contribution in [2.24, 2.45) is 4.99 Å². The van der Waals surface area contributed by atoms with E-state index in [2.05, 4.69) is 20.5 Å². The summed E-state index contributed by atoms with van der Waals surface area (Å²) in [6.45, 7) is 3.17. The number of nitrogens with one attached hydrogen (secondary N) is 2. The Kier molecular flexibility index (Phi) is 7.26. The number of benzene rings is 1. The fourth-order valence-corrected chi connectivity index (χ4v) is 3.97. The molecule has 150 valence electrons. The van der Waals surface area contributed by atoms with Gasteiger partial charge in [0.2, 0.25) is 0 Å². The van der Waals surface area contributed by atoms with Crippen LogP contribution in [0.2, 0.25) is 0 Å². The summed E-state index contributed by atoms with van der Waals surface area (Å²) in [4.78, 5) is 6.91. The lowest BCUT2D eigenvalue weighted by molar-refractivity contribution is 0.150. The van der Waals surface area contributed by atoms with Crippen molar-refractivity contribution in [3.8, 4) is 5.75 Å². The molecule has 5 nitrogen and oxygen atoms in total. The van der Waals surface area contributed by atoms with Crippen molar-refractivity contribution >= 4 is 5.96 Å². The normalized spacial score (nSPS) is 20.0. The minimum Gasteiger partial charge on any atom is -0.492 e. The first-order chi connectivity index (χ1) is 13.2. The van der Waals surface area contributed by atoms with Crippen LogP contribution in [0.1, 0.15) is 38.5 Å². The van der Waals surface area contributed by atoms with Gasteiger partial charge in [-0.2, -0.15) is 0 Å². The zero-order valence-electron chi connectivity index (χ0n) is 16.0. The molecule has 0 bridgehead atoms. The Labute approximate surface area is 160 Å². The molecule has 1 saturated heterocycles. The highest BCUT2D eigenvalue weighted by Gasteiger charge is 2.27. The molecular formula is C20H30F2N4O. The molecule has 1 aromatic carbocycles. The molecular weight excluding hydrogens is 350 g/mol. The van der Waals surface area contributed by atoms with E-state index in [1.807, 2.05) is 0 Å². The molecule has 0 unspecified atom stereocenters. The number of hydrogen-bond donors (Lipinski definition) is 2. The van der Waals surface area contributed by atoms with Crippen molar-refractivity contribution in [2.45, 2.75) is 50.6 Å². The molecule has 2 aliphatic rings. The Hall–Kier alpha value is -1.89. The summed E-state index contributed by atoms with van der Waals surface area (Å²) in [6.07, 6.45) is 7.74. The van der Waals surface area contributed by atoms with Gasteiger partial charge in [-0.05, 0) is 37.8 Å². The molecule has 1 aliphatic carbocycles. The number of guanidine groups is 1. The van der Waals surface area contributed by atoms with Crippen LogP contribution in [0.5, 0.6) is 5.75 Å². The maximum Gasteiger partial charge on any atom is 0.191 e. The largest absolute Gasteiger partial charge is 0.492 e. The molecule has 7 heteroatoms. The third-order valence-electron chi connectivity index (χ3n) is 5.49. The van der Waals surface area contributed by atoms with E-state index in [1.165, 1.54) is 31.7 Å². The zero-order chi connectivity index (χ0) is 19.1. The van der Waals surface area contributed by atoms with E-state index in [0.29, 0.717) is 24.9 Å². The van der Waals surface area contributed by atoms with Gasteiger partial charge in [0.1, 0.15) is 12.4 Å². The van der Waals surface area contributed by atoms with Crippen LogP contribution in [0.25, 0.3) is 0 Å². The fraction of sp³-hybridized carbons (Fsp3) is 0.650. The quantitative estimate of drug-likeness (QED) is 0.453. The predicted molar refractivity (Wildman–Crippen MR) is 103 cm³/mol. The second-order valence-electron chi connectivity index (χ2n) is 7.32. The van der Waals surface area contributed by atoms with Gasteiger partial charge in [0, 0.05) is 38.3 Å². The first-order valence-corrected chi connectivity index (χ1v) is 9.95. The van der Waals surface area contributed by atoms with Crippen molar-refractivity contribution in [1.29, 1.82) is 0 Å². The van der Waals surface area contributed by atoms with Crippen LogP contribution in [0.3, 0.4) is 0 Å². The fourth-order valence-electron chi connectivity index (χ4n) is 3.97. The molecule has 0 spiro atoms. The number of likely N-dealkylation sites (tertiary alicyclic amines) is 1. The van der Waals surface area contributed by atoms with Gasteiger partial charge in [0.05, 0.1) is 6.54 Å². The SMILES string of the molecule is CN=C(NCCOc1ccc(F)c(F)c1)NC1CCN(C2CCCC2)CC1. The average Bonchev–Trinajstić information content (AvgIpc) is 3.22. The van der Waals surface area contributed by atoms with Crippen LogP contribution in [-0.4, -0.2) is 56.2 Å². The number of nitrogens with zero attached hydrogens (tertiary/aromatic N) is 2. The lowest BCUT2D eigenvalue weighted by Crippen LogP contribution is -2.50. The van der Waals surface area contributed by atoms with Gasteiger partial charge in [0.15, 0.2) is 17.6 Å². The lowest BCUT2D eigenvalue weighted by atomic mass is 10.0. The summed E-state index contributed by atoms with van der Waals surface area (Å²) < 4.78 is 31.5. The highest BCUT2D eigenvalue weighted by molar-refractivity contribution is 5.79. The van der Waals surface area contributed by atoms with E-state index in [-0.39, 0.29) is 0 Å². The maximum atomic E-state index is 13.2. The molecule has 0 atom stereocenters. The first-order valence-electron chi connectivity index (χ1n) is 9.95. The molecule has 1 aromatic rings. The second-order valence-corrected chi connectivity index (χ2v) is 7.32. The van der Waals surface area contributed by atoms with Crippen LogP contribution in [0, 0.1) is 11.6 Å². The van der Waals surface area contributed by atoms with Crippen LogP contribution >= 0.6 is 0 Å². The maximum absolute atomic E-state index is 13.2. The lowest BCUT2D eigenvalue weighted by Gasteiger charge is -2.36. The van der Waals surface area contributed by atoms with Crippen LogP contribution in [-0.2, 0) is 0 Å². The topological polar surface area (TPSA) is 48.9 Å². The number of ether oxygens (including phenoxy) is 1. The highest BCUT2D eigenvalue weighted by Crippen LogP contribution is 2.26. The molecule has 1 saturated carbocycles. The number of aliphatic imine (C=N–C) groups is 1. The number of rotatable bonds is 6. The molecule has 2 N–H and O–H groups in total. The van der Waals surface area contributed by atoms with Gasteiger partial charge in [-0.3, -0.25) is 4.99 Å². The summed E-state index contributed by atoms with van der Waals surface area (Å²) in [6, 6.07) is 4.78. The number of piperidine rings is 1. The Bertz CT molecular complexity index is 626. The third-order valence-corrected chi connectivity index (χ3v) is 5.49. The molecule has 1 aliphatic heterocycles. The van der Waals surface area contributed by atoms with E-state index >= 15 is 0 Å². The van der Waals surface area contributed by atoms with Gasteiger partial charge >= 0.3 is 0 Å². The second kappa shape index (κ2) is 9.88. The molecule has 0 amide bonds. The molecule has 27 heavy (non-hydrogen) atoms. The zero-order valence-corrected chi connectivity index (χ0v) is 16.0. The summed E-state index contributed by atoms with van der Waals surface area (Å²) in [7, 11) is 1.75. The van der Waals surface area contributed by atoms with E-state index in [1.54, 1.807) is 7.05 Å². The molecule has 2 fully saturated rings. The number of halogens is 2. The van der Waals surface area contributed by atoms with Gasteiger partial charge in [-0.1, -0.05) is 12.8 Å². The predicted octanol–water partition coefficient (Wildman–Crippen LogP) is 2.92. The van der Waals surface area contributed by atoms with E-state index < -0.39 is 11.6 Å². The third kappa shape index (κ3) is 5.79. The molecule has 3 rings (SSSR count). The summed E-state index contributed by atoms with van der Waals surface area (Å²) in [5.41, 5.74) is 0. The van der Waals surface area contributed by atoms with Gasteiger partial charge in [-0.15, -0.1) is 0 Å². The van der Waals surface area contributed by atoms with E-state index in [0.717, 1.165) is 50.1 Å². The van der Waals surface area contributed by atoms with Gasteiger partial charge < -0.3 is 20.3 Å². The van der Waals surface area contributed by atoms with Crippen LogP contribution in [0.15, 0.2) is 23.2 Å². The van der Waals surface area contributed by atoms with E-state index in [4.69, 9.17) is 4.74 Å². The summed E-state index contributed by atoms with van der Waals surface area (Å²) >= 11 is 0.